The molecule has 21 heavy (non-hydrogen) atoms. The predicted molar refractivity (Wildman–Crippen MR) is 83.4 cm³/mol. The number of nitrogens with one attached hydrogen (secondary N) is 1. The summed E-state index contributed by atoms with van der Waals surface area (Å²) in [7, 11) is 0. The number of ether oxygens (including phenoxy) is 1. The zero-order valence-corrected chi connectivity index (χ0v) is 12.4. The standard InChI is InChI=1S/C17H20N2O2/c1-3-21-17(20)15-9-10-16(18-12-15)19-13(2)11-14-7-5-4-6-8-14/h4-10,12-13H,3,11H2,1-2H3,(H,18,19). The summed E-state index contributed by atoms with van der Waals surface area (Å²) in [5.74, 6) is 0.417. The molecule has 0 saturated heterocycles. The molecule has 0 fully saturated rings. The molecule has 1 heterocycles. The fourth-order valence-electron chi connectivity index (χ4n) is 2.09. The van der Waals surface area contributed by atoms with E-state index in [0.717, 1.165) is 12.2 Å². The van der Waals surface area contributed by atoms with Gasteiger partial charge in [-0.25, -0.2) is 9.78 Å². The second kappa shape index (κ2) is 7.43. The zero-order valence-electron chi connectivity index (χ0n) is 12.4. The quantitative estimate of drug-likeness (QED) is 0.827. The van der Waals surface area contributed by atoms with E-state index < -0.39 is 0 Å². The van der Waals surface area contributed by atoms with Gasteiger partial charge in [0.2, 0.25) is 0 Å². The SMILES string of the molecule is CCOC(=O)c1ccc(NC(C)Cc2ccccc2)nc1. The third-order valence-electron chi connectivity index (χ3n) is 3.05. The first-order valence-corrected chi connectivity index (χ1v) is 7.12. The second-order valence-electron chi connectivity index (χ2n) is 4.89. The van der Waals surface area contributed by atoms with Crippen LogP contribution in [0.15, 0.2) is 48.7 Å². The molecule has 0 spiro atoms. The highest BCUT2D eigenvalue weighted by atomic mass is 16.5. The first-order valence-electron chi connectivity index (χ1n) is 7.12. The van der Waals surface area contributed by atoms with E-state index in [4.69, 9.17) is 4.74 Å². The molecule has 1 N–H and O–H groups in total. The fraction of sp³-hybridized carbons (Fsp3) is 0.294. The average molecular weight is 284 g/mol. The van der Waals surface area contributed by atoms with Gasteiger partial charge in [-0.05, 0) is 38.0 Å². The Bertz CT molecular complexity index is 567. The maximum Gasteiger partial charge on any atom is 0.339 e. The lowest BCUT2D eigenvalue weighted by molar-refractivity contribution is 0.0526. The summed E-state index contributed by atoms with van der Waals surface area (Å²) < 4.78 is 4.93. The molecule has 2 aromatic rings. The summed E-state index contributed by atoms with van der Waals surface area (Å²) in [6, 6.07) is 14.1. The molecule has 0 aliphatic heterocycles. The van der Waals surface area contributed by atoms with Gasteiger partial charge in [0.25, 0.3) is 0 Å². The summed E-state index contributed by atoms with van der Waals surface area (Å²) in [5, 5.41) is 3.33. The Morgan fingerprint density at radius 3 is 2.62 bits per heavy atom. The van der Waals surface area contributed by atoms with Gasteiger partial charge < -0.3 is 10.1 Å². The van der Waals surface area contributed by atoms with E-state index in [1.54, 1.807) is 19.1 Å². The summed E-state index contributed by atoms with van der Waals surface area (Å²) in [6.45, 7) is 4.26. The molecule has 2 rings (SSSR count). The highest BCUT2D eigenvalue weighted by molar-refractivity contribution is 5.89. The van der Waals surface area contributed by atoms with Gasteiger partial charge in [-0.3, -0.25) is 0 Å². The largest absolute Gasteiger partial charge is 0.462 e. The normalized spacial score (nSPS) is 11.7. The summed E-state index contributed by atoms with van der Waals surface area (Å²) in [4.78, 5) is 15.8. The van der Waals surface area contributed by atoms with Crippen molar-refractivity contribution in [1.29, 1.82) is 0 Å². The monoisotopic (exact) mass is 284 g/mol. The molecular weight excluding hydrogens is 264 g/mol. The Morgan fingerprint density at radius 2 is 2.00 bits per heavy atom. The van der Waals surface area contributed by atoms with E-state index >= 15 is 0 Å². The fourth-order valence-corrected chi connectivity index (χ4v) is 2.09. The van der Waals surface area contributed by atoms with Gasteiger partial charge in [0, 0.05) is 12.2 Å². The number of rotatable bonds is 6. The van der Waals surface area contributed by atoms with Crippen molar-refractivity contribution in [1.82, 2.24) is 4.98 Å². The minimum Gasteiger partial charge on any atom is -0.462 e. The van der Waals surface area contributed by atoms with Crippen LogP contribution in [-0.2, 0) is 11.2 Å². The Kier molecular flexibility index (Phi) is 5.32. The lowest BCUT2D eigenvalue weighted by Crippen LogP contribution is -2.19. The first-order chi connectivity index (χ1) is 10.2. The third kappa shape index (κ3) is 4.60. The van der Waals surface area contributed by atoms with E-state index in [0.29, 0.717) is 12.2 Å². The average Bonchev–Trinajstić information content (AvgIpc) is 2.49. The van der Waals surface area contributed by atoms with Crippen molar-refractivity contribution in [3.8, 4) is 0 Å². The van der Waals surface area contributed by atoms with E-state index in [1.807, 2.05) is 18.2 Å². The predicted octanol–water partition coefficient (Wildman–Crippen LogP) is 3.30. The van der Waals surface area contributed by atoms with Crippen LogP contribution in [0.2, 0.25) is 0 Å². The highest BCUT2D eigenvalue weighted by Gasteiger charge is 2.08. The van der Waals surface area contributed by atoms with Crippen LogP contribution in [0.1, 0.15) is 29.8 Å². The topological polar surface area (TPSA) is 51.2 Å². The Morgan fingerprint density at radius 1 is 1.24 bits per heavy atom. The molecule has 0 bridgehead atoms. The minimum absolute atomic E-state index is 0.258. The van der Waals surface area contributed by atoms with Crippen molar-refractivity contribution in [2.24, 2.45) is 0 Å². The first kappa shape index (κ1) is 15.0. The number of pyridine rings is 1. The molecule has 1 aromatic carbocycles. The van der Waals surface area contributed by atoms with E-state index in [-0.39, 0.29) is 12.0 Å². The van der Waals surface area contributed by atoms with Crippen molar-refractivity contribution in [3.63, 3.8) is 0 Å². The van der Waals surface area contributed by atoms with Crippen LogP contribution >= 0.6 is 0 Å². The van der Waals surface area contributed by atoms with Crippen molar-refractivity contribution >= 4 is 11.8 Å². The second-order valence-corrected chi connectivity index (χ2v) is 4.89. The lowest BCUT2D eigenvalue weighted by Gasteiger charge is -2.14. The maximum absolute atomic E-state index is 11.5. The van der Waals surface area contributed by atoms with Gasteiger partial charge in [-0.1, -0.05) is 30.3 Å². The van der Waals surface area contributed by atoms with Crippen molar-refractivity contribution in [3.05, 3.63) is 59.8 Å². The molecule has 1 unspecified atom stereocenters. The highest BCUT2D eigenvalue weighted by Crippen LogP contribution is 2.10. The van der Waals surface area contributed by atoms with E-state index in [1.165, 1.54) is 11.8 Å². The van der Waals surface area contributed by atoms with E-state index in [2.05, 4.69) is 29.4 Å². The number of hydrogen-bond donors (Lipinski definition) is 1. The van der Waals surface area contributed by atoms with Crippen LogP contribution in [0.3, 0.4) is 0 Å². The Hall–Kier alpha value is -2.36. The molecule has 110 valence electrons. The molecule has 1 aromatic heterocycles. The van der Waals surface area contributed by atoms with Gasteiger partial charge in [-0.15, -0.1) is 0 Å². The molecule has 0 aliphatic carbocycles. The number of anilines is 1. The molecule has 0 aliphatic rings. The Labute approximate surface area is 125 Å². The smallest absolute Gasteiger partial charge is 0.339 e. The van der Waals surface area contributed by atoms with Crippen LogP contribution in [0, 0.1) is 0 Å². The summed E-state index contributed by atoms with van der Waals surface area (Å²) in [6.07, 6.45) is 2.46. The molecular formula is C17H20N2O2. The minimum atomic E-state index is -0.339. The molecule has 0 saturated carbocycles. The molecule has 1 atom stereocenters. The van der Waals surface area contributed by atoms with Gasteiger partial charge in [0.05, 0.1) is 12.2 Å². The molecule has 4 heteroatoms. The van der Waals surface area contributed by atoms with Crippen LogP contribution in [0.4, 0.5) is 5.82 Å². The molecule has 0 radical (unpaired) electrons. The van der Waals surface area contributed by atoms with Crippen molar-refractivity contribution < 1.29 is 9.53 Å². The van der Waals surface area contributed by atoms with Gasteiger partial charge in [0.15, 0.2) is 0 Å². The van der Waals surface area contributed by atoms with Gasteiger partial charge >= 0.3 is 5.97 Å². The number of hydrogen-bond acceptors (Lipinski definition) is 4. The lowest BCUT2D eigenvalue weighted by atomic mass is 10.1. The number of benzene rings is 1. The van der Waals surface area contributed by atoms with Crippen LogP contribution in [0.5, 0.6) is 0 Å². The number of carbonyl (C=O) groups excluding carboxylic acids is 1. The molecule has 4 nitrogen and oxygen atoms in total. The summed E-state index contributed by atoms with van der Waals surface area (Å²) >= 11 is 0. The number of carbonyl (C=O) groups is 1. The number of esters is 1. The van der Waals surface area contributed by atoms with Crippen molar-refractivity contribution in [2.75, 3.05) is 11.9 Å². The number of nitrogens with zero attached hydrogens (tertiary/aromatic N) is 1. The third-order valence-corrected chi connectivity index (χ3v) is 3.05. The van der Waals surface area contributed by atoms with Crippen molar-refractivity contribution in [2.45, 2.75) is 26.3 Å². The Balaban J connectivity index is 1.92. The number of aromatic nitrogens is 1. The maximum atomic E-state index is 11.5. The van der Waals surface area contributed by atoms with Gasteiger partial charge in [0.1, 0.15) is 5.82 Å². The zero-order chi connectivity index (χ0) is 15.1. The van der Waals surface area contributed by atoms with E-state index in [9.17, 15) is 4.79 Å². The van der Waals surface area contributed by atoms with Gasteiger partial charge in [-0.2, -0.15) is 0 Å². The van der Waals surface area contributed by atoms with Crippen LogP contribution < -0.4 is 5.32 Å². The summed E-state index contributed by atoms with van der Waals surface area (Å²) in [5.41, 5.74) is 1.75. The van der Waals surface area contributed by atoms with Crippen LogP contribution in [0.25, 0.3) is 0 Å². The molecule has 0 amide bonds. The van der Waals surface area contributed by atoms with Crippen LogP contribution in [-0.4, -0.2) is 23.6 Å².